The van der Waals surface area contributed by atoms with Gasteiger partial charge in [-0.05, 0) is 25.3 Å². The van der Waals surface area contributed by atoms with Crippen LogP contribution in [0, 0.1) is 0 Å². The number of nitrogens with two attached hydrogens (primary N) is 1. The van der Waals surface area contributed by atoms with Gasteiger partial charge in [0.05, 0.1) is 6.10 Å². The Labute approximate surface area is 84.1 Å². The van der Waals surface area contributed by atoms with Crippen molar-refractivity contribution in [2.24, 2.45) is 5.73 Å². The molecule has 4 heteroatoms. The van der Waals surface area contributed by atoms with Crippen LogP contribution in [-0.4, -0.2) is 25.4 Å². The second-order valence-electron chi connectivity index (χ2n) is 3.42. The summed E-state index contributed by atoms with van der Waals surface area (Å²) in [7, 11) is 1.68. The van der Waals surface area contributed by atoms with Gasteiger partial charge in [-0.2, -0.15) is 0 Å². The fourth-order valence-electron chi connectivity index (χ4n) is 1.58. The van der Waals surface area contributed by atoms with Gasteiger partial charge < -0.3 is 15.2 Å². The number of ether oxygens (including phenoxy) is 2. The van der Waals surface area contributed by atoms with Crippen LogP contribution in [0.2, 0.25) is 0 Å². The lowest BCUT2D eigenvalue weighted by Crippen LogP contribution is -2.23. The molecule has 0 saturated heterocycles. The Hall–Kier alpha value is -1.03. The number of rotatable bonds is 2. The van der Waals surface area contributed by atoms with E-state index in [1.807, 2.05) is 12.2 Å². The van der Waals surface area contributed by atoms with Gasteiger partial charge in [-0.15, -0.1) is 0 Å². The molecule has 1 aliphatic rings. The molecule has 4 nitrogen and oxygen atoms in total. The first-order valence-electron chi connectivity index (χ1n) is 4.89. The summed E-state index contributed by atoms with van der Waals surface area (Å²) < 4.78 is 10.1. The van der Waals surface area contributed by atoms with Crippen LogP contribution >= 0.6 is 0 Å². The van der Waals surface area contributed by atoms with E-state index in [4.69, 9.17) is 15.2 Å². The zero-order valence-electron chi connectivity index (χ0n) is 8.44. The molecule has 0 bridgehead atoms. The first kappa shape index (κ1) is 11.0. The number of primary amides is 1. The van der Waals surface area contributed by atoms with Crippen LogP contribution in [0.5, 0.6) is 0 Å². The molecular weight excluding hydrogens is 182 g/mol. The Bertz CT molecular complexity index is 215. The molecule has 0 aliphatic heterocycles. The van der Waals surface area contributed by atoms with E-state index in [0.29, 0.717) is 0 Å². The maximum atomic E-state index is 10.6. The molecule has 0 saturated carbocycles. The van der Waals surface area contributed by atoms with Gasteiger partial charge >= 0.3 is 6.09 Å². The molecule has 1 aliphatic carbocycles. The van der Waals surface area contributed by atoms with E-state index in [0.717, 1.165) is 25.7 Å². The van der Waals surface area contributed by atoms with Crippen LogP contribution in [0.25, 0.3) is 0 Å². The molecule has 1 amide bonds. The smallest absolute Gasteiger partial charge is 0.405 e. The molecule has 0 aromatic heterocycles. The highest BCUT2D eigenvalue weighted by molar-refractivity contribution is 5.65. The predicted octanol–water partition coefficient (Wildman–Crippen LogP) is 1.60. The highest BCUT2D eigenvalue weighted by atomic mass is 16.6. The molecule has 1 rings (SSSR count). The number of hydrogen-bond donors (Lipinski definition) is 1. The summed E-state index contributed by atoms with van der Waals surface area (Å²) in [4.78, 5) is 10.6. The second-order valence-corrected chi connectivity index (χ2v) is 3.42. The van der Waals surface area contributed by atoms with Crippen LogP contribution < -0.4 is 5.73 Å². The van der Waals surface area contributed by atoms with Gasteiger partial charge in [-0.3, -0.25) is 0 Å². The lowest BCUT2D eigenvalue weighted by Gasteiger charge is -2.18. The van der Waals surface area contributed by atoms with E-state index < -0.39 is 6.09 Å². The van der Waals surface area contributed by atoms with Crippen LogP contribution in [0.15, 0.2) is 12.2 Å². The summed E-state index contributed by atoms with van der Waals surface area (Å²) in [5.74, 6) is 0. The van der Waals surface area contributed by atoms with Crippen molar-refractivity contribution < 1.29 is 14.3 Å². The maximum Gasteiger partial charge on any atom is 0.405 e. The van der Waals surface area contributed by atoms with Crippen molar-refractivity contribution in [1.29, 1.82) is 0 Å². The summed E-state index contributed by atoms with van der Waals surface area (Å²) in [6.07, 6.45) is 7.01. The lowest BCUT2D eigenvalue weighted by atomic mass is 10.0. The van der Waals surface area contributed by atoms with E-state index in [2.05, 4.69) is 0 Å². The van der Waals surface area contributed by atoms with E-state index in [1.165, 1.54) is 0 Å². The van der Waals surface area contributed by atoms with Crippen LogP contribution in [0.1, 0.15) is 25.7 Å². The number of carbonyl (C=O) groups excluding carboxylic acids is 1. The van der Waals surface area contributed by atoms with Gasteiger partial charge in [0.1, 0.15) is 6.10 Å². The van der Waals surface area contributed by atoms with E-state index in [-0.39, 0.29) is 12.2 Å². The summed E-state index contributed by atoms with van der Waals surface area (Å²) in [5.41, 5.74) is 4.95. The number of carbonyl (C=O) groups is 1. The maximum absolute atomic E-state index is 10.6. The van der Waals surface area contributed by atoms with E-state index in [1.54, 1.807) is 7.11 Å². The highest BCUT2D eigenvalue weighted by Crippen LogP contribution is 2.16. The van der Waals surface area contributed by atoms with Crippen molar-refractivity contribution in [2.75, 3.05) is 7.11 Å². The Morgan fingerprint density at radius 1 is 1.29 bits per heavy atom. The molecule has 2 N–H and O–H groups in total. The minimum absolute atomic E-state index is 0.134. The molecule has 0 aromatic carbocycles. The van der Waals surface area contributed by atoms with Crippen LogP contribution in [-0.2, 0) is 9.47 Å². The van der Waals surface area contributed by atoms with Crippen molar-refractivity contribution in [3.05, 3.63) is 12.2 Å². The summed E-state index contributed by atoms with van der Waals surface area (Å²) in [6.45, 7) is 0. The van der Waals surface area contributed by atoms with Gasteiger partial charge in [0, 0.05) is 7.11 Å². The molecule has 80 valence electrons. The van der Waals surface area contributed by atoms with E-state index >= 15 is 0 Å². The Balaban J connectivity index is 2.50. The SMILES string of the molecule is COC1/C=C/C(OC(N)=O)CCCC1. The summed E-state index contributed by atoms with van der Waals surface area (Å²) in [6, 6.07) is 0. The summed E-state index contributed by atoms with van der Waals surface area (Å²) >= 11 is 0. The molecule has 0 heterocycles. The predicted molar refractivity (Wildman–Crippen MR) is 52.9 cm³/mol. The normalized spacial score (nSPS) is 30.1. The van der Waals surface area contributed by atoms with Crippen molar-refractivity contribution >= 4 is 6.09 Å². The standard InChI is InChI=1S/C10H17NO3/c1-13-8-4-2-3-5-9(7-6-8)14-10(11)12/h6-9H,2-5H2,1H3,(H2,11,12)/b7-6+. The van der Waals surface area contributed by atoms with Gasteiger partial charge in [-0.25, -0.2) is 4.79 Å². The first-order valence-corrected chi connectivity index (χ1v) is 4.89. The van der Waals surface area contributed by atoms with Gasteiger partial charge in [0.15, 0.2) is 0 Å². The minimum Gasteiger partial charge on any atom is -0.442 e. The van der Waals surface area contributed by atoms with Crippen molar-refractivity contribution in [1.82, 2.24) is 0 Å². The third kappa shape index (κ3) is 3.79. The van der Waals surface area contributed by atoms with Crippen molar-refractivity contribution in [3.8, 4) is 0 Å². The molecule has 0 fully saturated rings. The topological polar surface area (TPSA) is 61.6 Å². The Kier molecular flexibility index (Phi) is 4.46. The first-order chi connectivity index (χ1) is 6.72. The fraction of sp³-hybridized carbons (Fsp3) is 0.700. The summed E-state index contributed by atoms with van der Waals surface area (Å²) in [5, 5.41) is 0. The molecule has 2 atom stereocenters. The number of hydrogen-bond acceptors (Lipinski definition) is 3. The van der Waals surface area contributed by atoms with Gasteiger partial charge in [0.25, 0.3) is 0 Å². The monoisotopic (exact) mass is 199 g/mol. The highest BCUT2D eigenvalue weighted by Gasteiger charge is 2.13. The van der Waals surface area contributed by atoms with E-state index in [9.17, 15) is 4.79 Å². The molecule has 0 aromatic rings. The van der Waals surface area contributed by atoms with Crippen LogP contribution in [0.4, 0.5) is 4.79 Å². The molecular formula is C10H17NO3. The molecule has 0 spiro atoms. The van der Waals surface area contributed by atoms with Crippen LogP contribution in [0.3, 0.4) is 0 Å². The Morgan fingerprint density at radius 2 is 1.86 bits per heavy atom. The third-order valence-corrected chi connectivity index (χ3v) is 2.34. The zero-order chi connectivity index (χ0) is 10.4. The van der Waals surface area contributed by atoms with Gasteiger partial charge in [-0.1, -0.05) is 12.5 Å². The quantitative estimate of drug-likeness (QED) is 0.687. The minimum atomic E-state index is -0.714. The fourth-order valence-corrected chi connectivity index (χ4v) is 1.58. The molecule has 14 heavy (non-hydrogen) atoms. The number of amides is 1. The largest absolute Gasteiger partial charge is 0.442 e. The lowest BCUT2D eigenvalue weighted by molar-refractivity contribution is 0.107. The third-order valence-electron chi connectivity index (χ3n) is 2.34. The van der Waals surface area contributed by atoms with Crippen molar-refractivity contribution in [2.45, 2.75) is 37.9 Å². The number of methoxy groups -OCH3 is 1. The average molecular weight is 199 g/mol. The Morgan fingerprint density at radius 3 is 2.43 bits per heavy atom. The second kappa shape index (κ2) is 5.65. The molecule has 2 unspecified atom stereocenters. The zero-order valence-corrected chi connectivity index (χ0v) is 8.44. The molecule has 0 radical (unpaired) electrons. The van der Waals surface area contributed by atoms with Gasteiger partial charge in [0.2, 0.25) is 0 Å². The van der Waals surface area contributed by atoms with Crippen molar-refractivity contribution in [3.63, 3.8) is 0 Å². The average Bonchev–Trinajstić information content (AvgIpc) is 2.10.